The largest absolute Gasteiger partial charge is 0.467 e. The minimum atomic E-state index is -0.214. The molecule has 4 rings (SSSR count). The van der Waals surface area contributed by atoms with Crippen LogP contribution in [0, 0.1) is 13.8 Å². The molecule has 0 radical (unpaired) electrons. The summed E-state index contributed by atoms with van der Waals surface area (Å²) in [7, 11) is 0. The van der Waals surface area contributed by atoms with Crippen LogP contribution in [0.5, 0.6) is 0 Å². The zero-order valence-corrected chi connectivity index (χ0v) is 19.6. The lowest BCUT2D eigenvalue weighted by molar-refractivity contribution is -0.119. The number of carbonyl (C=O) groups excluding carboxylic acids is 1. The maximum atomic E-state index is 12.6. The SMILES string of the molecule is Cc1ccc(C)c(-n2c(SCC(=O)NC(C)c3ccco3)nnc2-c2ccccc2Cl)c1. The van der Waals surface area contributed by atoms with Crippen LogP contribution in [0.4, 0.5) is 0 Å². The molecule has 4 aromatic rings. The summed E-state index contributed by atoms with van der Waals surface area (Å²) in [6.07, 6.45) is 1.59. The molecule has 0 spiro atoms. The molecule has 0 fully saturated rings. The first-order valence-electron chi connectivity index (χ1n) is 10.2. The van der Waals surface area contributed by atoms with Crippen molar-refractivity contribution in [3.05, 3.63) is 82.8 Å². The van der Waals surface area contributed by atoms with Crippen molar-refractivity contribution in [2.75, 3.05) is 5.75 Å². The Morgan fingerprint density at radius 2 is 1.97 bits per heavy atom. The van der Waals surface area contributed by atoms with E-state index in [4.69, 9.17) is 16.0 Å². The van der Waals surface area contributed by atoms with Crippen molar-refractivity contribution in [1.82, 2.24) is 20.1 Å². The van der Waals surface area contributed by atoms with Gasteiger partial charge in [0.05, 0.1) is 28.8 Å². The molecule has 1 amide bonds. The van der Waals surface area contributed by atoms with Crippen molar-refractivity contribution in [2.45, 2.75) is 32.0 Å². The van der Waals surface area contributed by atoms with Crippen LogP contribution in [0.3, 0.4) is 0 Å². The first-order valence-corrected chi connectivity index (χ1v) is 11.5. The van der Waals surface area contributed by atoms with Crippen molar-refractivity contribution in [3.8, 4) is 17.1 Å². The third kappa shape index (κ3) is 4.74. The summed E-state index contributed by atoms with van der Waals surface area (Å²) in [6, 6.07) is 17.2. The summed E-state index contributed by atoms with van der Waals surface area (Å²) < 4.78 is 7.33. The lowest BCUT2D eigenvalue weighted by Gasteiger charge is -2.15. The molecule has 2 aromatic carbocycles. The number of aromatic nitrogens is 3. The number of rotatable bonds is 7. The number of hydrogen-bond acceptors (Lipinski definition) is 5. The highest BCUT2D eigenvalue weighted by molar-refractivity contribution is 7.99. The molecule has 0 aliphatic rings. The van der Waals surface area contributed by atoms with Crippen LogP contribution in [-0.4, -0.2) is 26.4 Å². The molecule has 6 nitrogen and oxygen atoms in total. The number of nitrogens with zero attached hydrogens (tertiary/aromatic N) is 3. The molecule has 0 bridgehead atoms. The van der Waals surface area contributed by atoms with Gasteiger partial charge in [0.1, 0.15) is 5.76 Å². The summed E-state index contributed by atoms with van der Waals surface area (Å²) in [5, 5.41) is 13.0. The normalized spacial score (nSPS) is 12.0. The molecule has 2 aromatic heterocycles. The smallest absolute Gasteiger partial charge is 0.231 e. The van der Waals surface area contributed by atoms with Crippen molar-refractivity contribution in [3.63, 3.8) is 0 Å². The number of benzene rings is 2. The van der Waals surface area contributed by atoms with Gasteiger partial charge in [0.15, 0.2) is 11.0 Å². The van der Waals surface area contributed by atoms with Gasteiger partial charge in [-0.1, -0.05) is 47.6 Å². The third-order valence-corrected chi connectivity index (χ3v) is 6.29. The van der Waals surface area contributed by atoms with Gasteiger partial charge in [-0.2, -0.15) is 0 Å². The number of halogens is 1. The zero-order valence-electron chi connectivity index (χ0n) is 18.0. The molecule has 1 atom stereocenters. The summed E-state index contributed by atoms with van der Waals surface area (Å²) in [5.74, 6) is 1.42. The van der Waals surface area contributed by atoms with E-state index in [0.717, 1.165) is 22.4 Å². The predicted molar refractivity (Wildman–Crippen MR) is 127 cm³/mol. The minimum absolute atomic E-state index is 0.117. The maximum Gasteiger partial charge on any atom is 0.231 e. The Labute approximate surface area is 196 Å². The van der Waals surface area contributed by atoms with Gasteiger partial charge in [-0.15, -0.1) is 10.2 Å². The van der Waals surface area contributed by atoms with E-state index in [1.165, 1.54) is 11.8 Å². The van der Waals surface area contributed by atoms with Crippen LogP contribution >= 0.6 is 23.4 Å². The van der Waals surface area contributed by atoms with Gasteiger partial charge in [-0.25, -0.2) is 0 Å². The molecule has 164 valence electrons. The molecule has 0 saturated carbocycles. The summed E-state index contributed by atoms with van der Waals surface area (Å²) >= 11 is 7.80. The monoisotopic (exact) mass is 466 g/mol. The van der Waals surface area contributed by atoms with E-state index in [0.29, 0.717) is 21.8 Å². The second kappa shape index (κ2) is 9.63. The average Bonchev–Trinajstić information content (AvgIpc) is 3.45. The molecule has 0 aliphatic heterocycles. The standard InChI is InChI=1S/C24H23ClN4O2S/c1-15-10-11-16(2)20(13-15)29-23(18-7-4-5-8-19(18)25)27-28-24(29)32-14-22(30)26-17(3)21-9-6-12-31-21/h4-13,17H,14H2,1-3H3,(H,26,30). The molecular weight excluding hydrogens is 444 g/mol. The van der Waals surface area contributed by atoms with Gasteiger partial charge in [0.2, 0.25) is 5.91 Å². The van der Waals surface area contributed by atoms with Crippen molar-refractivity contribution >= 4 is 29.3 Å². The van der Waals surface area contributed by atoms with E-state index in [1.807, 2.05) is 55.7 Å². The van der Waals surface area contributed by atoms with Crippen LogP contribution in [0.15, 0.2) is 70.4 Å². The van der Waals surface area contributed by atoms with E-state index < -0.39 is 0 Å². The van der Waals surface area contributed by atoms with Crippen LogP contribution < -0.4 is 5.32 Å². The number of thioether (sulfide) groups is 1. The van der Waals surface area contributed by atoms with Crippen LogP contribution in [0.2, 0.25) is 5.02 Å². The van der Waals surface area contributed by atoms with E-state index >= 15 is 0 Å². The second-order valence-corrected chi connectivity index (χ2v) is 8.85. The quantitative estimate of drug-likeness (QED) is 0.350. The number of amides is 1. The summed E-state index contributed by atoms with van der Waals surface area (Å²) in [4.78, 5) is 12.6. The maximum absolute atomic E-state index is 12.6. The molecular formula is C24H23ClN4O2S. The number of furan rings is 1. The van der Waals surface area contributed by atoms with E-state index in [1.54, 1.807) is 12.3 Å². The fraction of sp³-hybridized carbons (Fsp3) is 0.208. The first kappa shape index (κ1) is 22.2. The molecule has 1 N–H and O–H groups in total. The Hall–Kier alpha value is -3.03. The summed E-state index contributed by atoms with van der Waals surface area (Å²) in [6.45, 7) is 5.96. The highest BCUT2D eigenvalue weighted by Crippen LogP contribution is 2.33. The van der Waals surface area contributed by atoms with Crippen LogP contribution in [-0.2, 0) is 4.79 Å². The molecule has 32 heavy (non-hydrogen) atoms. The Bertz CT molecular complexity index is 1240. The second-order valence-electron chi connectivity index (χ2n) is 7.50. The number of nitrogens with one attached hydrogen (secondary N) is 1. The van der Waals surface area contributed by atoms with E-state index in [2.05, 4.69) is 33.7 Å². The summed E-state index contributed by atoms with van der Waals surface area (Å²) in [5.41, 5.74) is 3.92. The lowest BCUT2D eigenvalue weighted by Crippen LogP contribution is -2.28. The molecule has 1 unspecified atom stereocenters. The Kier molecular flexibility index (Phi) is 6.67. The van der Waals surface area contributed by atoms with E-state index in [-0.39, 0.29) is 17.7 Å². The Morgan fingerprint density at radius 3 is 2.72 bits per heavy atom. The highest BCUT2D eigenvalue weighted by atomic mass is 35.5. The highest BCUT2D eigenvalue weighted by Gasteiger charge is 2.21. The van der Waals surface area contributed by atoms with Gasteiger partial charge in [-0.05, 0) is 62.2 Å². The third-order valence-electron chi connectivity index (χ3n) is 5.03. The van der Waals surface area contributed by atoms with Gasteiger partial charge in [0, 0.05) is 5.56 Å². The minimum Gasteiger partial charge on any atom is -0.467 e. The Morgan fingerprint density at radius 1 is 1.16 bits per heavy atom. The molecule has 2 heterocycles. The lowest BCUT2D eigenvalue weighted by atomic mass is 10.1. The van der Waals surface area contributed by atoms with Gasteiger partial charge >= 0.3 is 0 Å². The van der Waals surface area contributed by atoms with Crippen LogP contribution in [0.25, 0.3) is 17.1 Å². The number of carbonyl (C=O) groups is 1. The van der Waals surface area contributed by atoms with Crippen molar-refractivity contribution in [1.29, 1.82) is 0 Å². The van der Waals surface area contributed by atoms with Crippen molar-refractivity contribution < 1.29 is 9.21 Å². The first-order chi connectivity index (χ1) is 15.4. The molecule has 8 heteroatoms. The zero-order chi connectivity index (χ0) is 22.7. The van der Waals surface area contributed by atoms with Gasteiger partial charge < -0.3 is 9.73 Å². The number of aryl methyl sites for hydroxylation is 2. The topological polar surface area (TPSA) is 73.0 Å². The van der Waals surface area contributed by atoms with E-state index in [9.17, 15) is 4.79 Å². The van der Waals surface area contributed by atoms with Gasteiger partial charge in [0.25, 0.3) is 0 Å². The molecule has 0 aliphatic carbocycles. The predicted octanol–water partition coefficient (Wildman–Crippen LogP) is 5.77. The molecule has 0 saturated heterocycles. The average molecular weight is 467 g/mol. The fourth-order valence-electron chi connectivity index (χ4n) is 3.38. The van der Waals surface area contributed by atoms with Gasteiger partial charge in [-0.3, -0.25) is 9.36 Å². The van der Waals surface area contributed by atoms with Crippen LogP contribution in [0.1, 0.15) is 29.9 Å². The fourth-order valence-corrected chi connectivity index (χ4v) is 4.36. The Balaban J connectivity index is 1.64. The van der Waals surface area contributed by atoms with Crippen molar-refractivity contribution in [2.24, 2.45) is 0 Å². The number of hydrogen-bond donors (Lipinski definition) is 1.